The zero-order valence-electron chi connectivity index (χ0n) is 56.8. The first-order chi connectivity index (χ1) is 47.0. The van der Waals surface area contributed by atoms with Gasteiger partial charge >= 0.3 is 0 Å². The highest BCUT2D eigenvalue weighted by Crippen LogP contribution is 2.55. The molecule has 3 heteroatoms. The Morgan fingerprint density at radius 1 is 0.237 bits per heavy atom. The predicted octanol–water partition coefficient (Wildman–Crippen LogP) is 24.2. The lowest BCUT2D eigenvalue weighted by molar-refractivity contribution is 0.590. The van der Waals surface area contributed by atoms with Gasteiger partial charge < -0.3 is 9.80 Å². The predicted molar refractivity (Wildman–Crippen MR) is 418 cm³/mol. The second-order valence-corrected chi connectivity index (χ2v) is 30.0. The molecule has 2 aliphatic rings. The van der Waals surface area contributed by atoms with Gasteiger partial charge in [0, 0.05) is 45.0 Å². The van der Waals surface area contributed by atoms with Crippen LogP contribution in [0.5, 0.6) is 0 Å². The van der Waals surface area contributed by atoms with Crippen LogP contribution in [0.3, 0.4) is 0 Å². The third-order valence-corrected chi connectivity index (χ3v) is 20.8. The summed E-state index contributed by atoms with van der Waals surface area (Å²) in [6.07, 6.45) is 0. The highest BCUT2D eigenvalue weighted by Gasteiger charge is 2.46. The Hall–Kier alpha value is -11.0. The lowest BCUT2D eigenvalue weighted by Gasteiger charge is -2.46. The average molecular weight is 1250 g/mol. The minimum Gasteiger partial charge on any atom is -0.310 e. The molecule has 2 nitrogen and oxygen atoms in total. The molecule has 2 aliphatic heterocycles. The molecule has 0 atom stereocenters. The Labute approximate surface area is 572 Å². The molecule has 97 heavy (non-hydrogen) atoms. The molecule has 0 bridgehead atoms. The number of rotatable bonds is 9. The summed E-state index contributed by atoms with van der Waals surface area (Å²) in [6.45, 7) is 20.8. The number of hydrogen-bond donors (Lipinski definition) is 0. The Bertz CT molecular complexity index is 5430. The largest absolute Gasteiger partial charge is 0.310 e. The van der Waals surface area contributed by atoms with Crippen molar-refractivity contribution in [2.75, 3.05) is 9.80 Å². The third kappa shape index (κ3) is 10.2. The first-order valence-corrected chi connectivity index (χ1v) is 34.5. The molecule has 0 unspecified atom stereocenters. The molecule has 0 saturated heterocycles. The fraction of sp³-hybridized carbons (Fsp3) is 0.128. The molecule has 15 aromatic carbocycles. The van der Waals surface area contributed by atoms with E-state index in [-0.39, 0.29) is 23.0 Å². The van der Waals surface area contributed by atoms with Gasteiger partial charge in [0.1, 0.15) is 0 Å². The molecule has 17 rings (SSSR count). The van der Waals surface area contributed by atoms with Gasteiger partial charge in [-0.25, -0.2) is 0 Å². The van der Waals surface area contributed by atoms with Gasteiger partial charge in [0.05, 0.1) is 11.4 Å². The molecule has 15 aromatic rings. The van der Waals surface area contributed by atoms with Gasteiger partial charge in [-0.3, -0.25) is 0 Å². The fourth-order valence-electron chi connectivity index (χ4n) is 15.8. The summed E-state index contributed by atoms with van der Waals surface area (Å²) < 4.78 is 0. The Morgan fingerprint density at radius 3 is 1.04 bits per heavy atom. The van der Waals surface area contributed by atoms with Crippen LogP contribution in [-0.2, 0) is 16.2 Å². The van der Waals surface area contributed by atoms with Gasteiger partial charge in [-0.1, -0.05) is 329 Å². The SMILES string of the molecule is CC(C)(C)c1ccc(-c2cc3c4c(c2)N(c2c(-c5ccccc5)cccc2-c2ccccc2)c2cc(-c5cc6cc(C(C)(C)C)cc7ccc8cc(C(C)(C)C)cc5c8c76)ccc2B4c2ccc(-c4ccccc4)cc2N3c2c(-c3ccccc3)cccc2-c2ccccc2)cc1. The Balaban J connectivity index is 1.05. The first-order valence-electron chi connectivity index (χ1n) is 34.5. The van der Waals surface area contributed by atoms with Crippen LogP contribution in [0, 0.1) is 0 Å². The zero-order valence-corrected chi connectivity index (χ0v) is 56.8. The number of fused-ring (bicyclic) bond motifs is 4. The minimum absolute atomic E-state index is 0.0379. The van der Waals surface area contributed by atoms with E-state index in [9.17, 15) is 0 Å². The molecule has 0 aliphatic carbocycles. The van der Waals surface area contributed by atoms with Gasteiger partial charge in [0.15, 0.2) is 0 Å². The van der Waals surface area contributed by atoms with Crippen LogP contribution in [-0.4, -0.2) is 6.71 Å². The maximum atomic E-state index is 2.71. The quantitative estimate of drug-likeness (QED) is 0.105. The molecule has 0 amide bonds. The standard InChI is InChI=1S/C94H77BN2/c1-92(2,3)72-47-43-61(44-48-72)70-57-85-89-86(58-70)97(91-77(64-33-21-13-22-34-64)39-26-40-78(91)65-35-23-14-24-36-65)84-56-67(79-54-71-53-73(93(4,5)6)51-68-41-42-69-52-74(94(7,8)9)59-80(79)88(69)87(68)71)46-50-82(84)95(89)81-49-45-66(60-27-15-10-16-28-60)55-83(81)96(85)90-75(62-29-17-11-18-30-62)37-25-38-76(90)63-31-19-12-20-32-63/h10-59H,1-9H3. The van der Waals surface area contributed by atoms with Gasteiger partial charge in [-0.2, -0.15) is 0 Å². The molecule has 0 saturated carbocycles. The topological polar surface area (TPSA) is 6.48 Å². The first kappa shape index (κ1) is 59.7. The van der Waals surface area contributed by atoms with Crippen molar-refractivity contribution in [3.8, 4) is 77.9 Å². The molecule has 0 radical (unpaired) electrons. The third-order valence-electron chi connectivity index (χ3n) is 20.8. The fourth-order valence-corrected chi connectivity index (χ4v) is 15.8. The van der Waals surface area contributed by atoms with E-state index in [1.54, 1.807) is 0 Å². The normalized spacial score (nSPS) is 12.9. The average Bonchev–Trinajstić information content (AvgIpc) is 0.695. The van der Waals surface area contributed by atoms with E-state index in [4.69, 9.17) is 0 Å². The van der Waals surface area contributed by atoms with Crippen molar-refractivity contribution in [2.45, 2.75) is 78.6 Å². The lowest BCUT2D eigenvalue weighted by atomic mass is 9.33. The summed E-state index contributed by atoms with van der Waals surface area (Å²) in [7, 11) is 0. The van der Waals surface area contributed by atoms with Crippen LogP contribution < -0.4 is 26.2 Å². The molecular weight excluding hydrogens is 1170 g/mol. The van der Waals surface area contributed by atoms with Crippen molar-refractivity contribution in [1.29, 1.82) is 0 Å². The van der Waals surface area contributed by atoms with Crippen LogP contribution >= 0.6 is 0 Å². The smallest absolute Gasteiger partial charge is 0.252 e. The van der Waals surface area contributed by atoms with Crippen molar-refractivity contribution in [3.63, 3.8) is 0 Å². The molecule has 0 N–H and O–H groups in total. The van der Waals surface area contributed by atoms with Crippen molar-refractivity contribution < 1.29 is 0 Å². The van der Waals surface area contributed by atoms with Gasteiger partial charge in [0.2, 0.25) is 0 Å². The van der Waals surface area contributed by atoms with Crippen molar-refractivity contribution in [2.24, 2.45) is 0 Å². The van der Waals surface area contributed by atoms with E-state index in [0.29, 0.717) is 0 Å². The van der Waals surface area contributed by atoms with Crippen molar-refractivity contribution >= 4 is 89.5 Å². The highest BCUT2D eigenvalue weighted by atomic mass is 15.2. The summed E-state index contributed by atoms with van der Waals surface area (Å²) >= 11 is 0. The van der Waals surface area contributed by atoms with E-state index in [1.807, 2.05) is 0 Å². The Kier molecular flexibility index (Phi) is 14.1. The summed E-state index contributed by atoms with van der Waals surface area (Å²) in [5, 5.41) is 7.78. The van der Waals surface area contributed by atoms with Gasteiger partial charge in [-0.05, 0) is 174 Å². The number of nitrogens with zero attached hydrogens (tertiary/aromatic N) is 2. The highest BCUT2D eigenvalue weighted by molar-refractivity contribution is 7.00. The minimum atomic E-state index is -0.202. The van der Waals surface area contributed by atoms with E-state index < -0.39 is 0 Å². The van der Waals surface area contributed by atoms with Crippen LogP contribution in [0.25, 0.3) is 110 Å². The summed E-state index contributed by atoms with van der Waals surface area (Å²) in [4.78, 5) is 5.39. The van der Waals surface area contributed by atoms with E-state index >= 15 is 0 Å². The van der Waals surface area contributed by atoms with E-state index in [2.05, 4.69) is 375 Å². The molecule has 2 heterocycles. The van der Waals surface area contributed by atoms with E-state index in [1.165, 1.54) is 82.1 Å². The van der Waals surface area contributed by atoms with Crippen molar-refractivity contribution in [3.05, 3.63) is 320 Å². The molecular formula is C94H77BN2. The maximum Gasteiger partial charge on any atom is 0.252 e. The zero-order chi connectivity index (χ0) is 66.1. The number of benzene rings is 15. The number of para-hydroxylation sites is 2. The Morgan fingerprint density at radius 2 is 0.598 bits per heavy atom. The second kappa shape index (κ2) is 22.9. The van der Waals surface area contributed by atoms with Crippen molar-refractivity contribution in [1.82, 2.24) is 0 Å². The summed E-state index contributed by atoms with van der Waals surface area (Å²) in [6, 6.07) is 116. The van der Waals surface area contributed by atoms with Gasteiger partial charge in [-0.15, -0.1) is 0 Å². The lowest BCUT2D eigenvalue weighted by Crippen LogP contribution is -2.61. The van der Waals surface area contributed by atoms with E-state index in [0.717, 1.165) is 95.3 Å². The van der Waals surface area contributed by atoms with Crippen LogP contribution in [0.15, 0.2) is 303 Å². The monoisotopic (exact) mass is 1240 g/mol. The van der Waals surface area contributed by atoms with Crippen LogP contribution in [0.1, 0.15) is 79.0 Å². The number of anilines is 6. The molecule has 0 spiro atoms. The maximum absolute atomic E-state index is 2.71. The summed E-state index contributed by atoms with van der Waals surface area (Å²) in [5.41, 5.74) is 30.6. The molecule has 0 fully saturated rings. The molecule has 466 valence electrons. The molecule has 0 aromatic heterocycles. The van der Waals surface area contributed by atoms with Crippen LogP contribution in [0.4, 0.5) is 34.1 Å². The van der Waals surface area contributed by atoms with Crippen LogP contribution in [0.2, 0.25) is 0 Å². The number of hydrogen-bond acceptors (Lipinski definition) is 2. The van der Waals surface area contributed by atoms with Gasteiger partial charge in [0.25, 0.3) is 6.71 Å². The summed E-state index contributed by atoms with van der Waals surface area (Å²) in [5.74, 6) is 0. The second-order valence-electron chi connectivity index (χ2n) is 30.0.